The predicted octanol–water partition coefficient (Wildman–Crippen LogP) is 6.65. The maximum Gasteiger partial charge on any atom is 0.0679 e. The van der Waals surface area contributed by atoms with E-state index in [-0.39, 0.29) is 12.1 Å². The minimum atomic E-state index is -0.303. The third kappa shape index (κ3) is 8.01. The lowest BCUT2D eigenvalue weighted by molar-refractivity contribution is -0.0721. The van der Waals surface area contributed by atoms with Crippen LogP contribution in [0.2, 0.25) is 0 Å². The van der Waals surface area contributed by atoms with Crippen LogP contribution in [-0.4, -0.2) is 120 Å². The van der Waals surface area contributed by atoms with Crippen molar-refractivity contribution in [2.45, 2.75) is 128 Å². The normalized spacial score (nSPS) is 35.3. The van der Waals surface area contributed by atoms with Crippen LogP contribution in [0.15, 0.2) is 42.5 Å². The summed E-state index contributed by atoms with van der Waals surface area (Å²) < 4.78 is 0. The van der Waals surface area contributed by atoms with Crippen LogP contribution >= 0.6 is 0 Å². The van der Waals surface area contributed by atoms with E-state index in [1.807, 2.05) is 0 Å². The summed E-state index contributed by atoms with van der Waals surface area (Å²) >= 11 is 0. The van der Waals surface area contributed by atoms with Gasteiger partial charge >= 0.3 is 0 Å². The average molecular weight is 684 g/mol. The van der Waals surface area contributed by atoms with Crippen molar-refractivity contribution in [2.24, 2.45) is 23.2 Å². The Morgan fingerprint density at radius 1 is 0.880 bits per heavy atom. The number of aliphatic hydroxyl groups is 1. The number of aliphatic hydroxyl groups excluding tert-OH is 1. The molecule has 7 fully saturated rings. The topological polar surface area (TPSA) is 45.2 Å². The molecular formula is C44H69N5O. The van der Waals surface area contributed by atoms with E-state index in [0.717, 1.165) is 63.4 Å². The van der Waals surface area contributed by atoms with Crippen molar-refractivity contribution in [3.8, 4) is 0 Å². The number of nitrogens with one attached hydrogen (secondary N) is 1. The smallest absolute Gasteiger partial charge is 0.0679 e. The van der Waals surface area contributed by atoms with Gasteiger partial charge in [0.1, 0.15) is 0 Å². The molecule has 6 nitrogen and oxygen atoms in total. The fourth-order valence-electron chi connectivity index (χ4n) is 12.5. The van der Waals surface area contributed by atoms with Crippen LogP contribution < -0.4 is 5.32 Å². The third-order valence-electron chi connectivity index (χ3n) is 14.8. The van der Waals surface area contributed by atoms with Crippen molar-refractivity contribution in [1.29, 1.82) is 0 Å². The Morgan fingerprint density at radius 2 is 1.66 bits per heavy atom. The Labute approximate surface area is 304 Å². The molecule has 7 aliphatic rings. The van der Waals surface area contributed by atoms with E-state index in [2.05, 4.69) is 81.2 Å². The standard InChI is InChI=1S/C44H69N5O/c1-3-4-10-40-29-45-15-18-48(40)30-41-11-7-16-47(41)31-42(25-34-12-13-38-8-5-6-9-39(38)24-34)49-20-19-46(43(32-49)33(2)50)17-14-44-26-35-21-36(27-44)23-37(22-35)28-44/h5-6,8-9,12-13,24,33,35-37,40-43,45,50H,3-4,7,10-11,14-23,25-32H2,1-2H3/t33-,35?,36?,37?,40+,41+,42-,43+,44?/m1/s1. The zero-order valence-corrected chi connectivity index (χ0v) is 31.7. The molecular weight excluding hydrogens is 615 g/mol. The van der Waals surface area contributed by atoms with Crippen molar-refractivity contribution in [2.75, 3.05) is 65.4 Å². The Bertz CT molecular complexity index is 1360. The van der Waals surface area contributed by atoms with Gasteiger partial charge in [-0.3, -0.25) is 19.6 Å². The van der Waals surface area contributed by atoms with Crippen molar-refractivity contribution in [3.63, 3.8) is 0 Å². The van der Waals surface area contributed by atoms with Gasteiger partial charge < -0.3 is 10.4 Å². The van der Waals surface area contributed by atoms with E-state index >= 15 is 0 Å². The summed E-state index contributed by atoms with van der Waals surface area (Å²) in [5.41, 5.74) is 2.07. The van der Waals surface area contributed by atoms with Gasteiger partial charge in [0, 0.05) is 76.5 Å². The van der Waals surface area contributed by atoms with Crippen LogP contribution in [0, 0.1) is 23.2 Å². The quantitative estimate of drug-likeness (QED) is 0.233. The van der Waals surface area contributed by atoms with E-state index in [4.69, 9.17) is 0 Å². The highest BCUT2D eigenvalue weighted by molar-refractivity contribution is 5.83. The Morgan fingerprint density at radius 3 is 2.42 bits per heavy atom. The lowest BCUT2D eigenvalue weighted by Gasteiger charge is -2.57. The maximum absolute atomic E-state index is 11.3. The molecule has 3 saturated heterocycles. The molecule has 0 spiro atoms. The molecule has 5 atom stereocenters. The number of hydrogen-bond donors (Lipinski definition) is 2. The van der Waals surface area contributed by atoms with E-state index in [1.165, 1.54) is 120 Å². The van der Waals surface area contributed by atoms with Crippen LogP contribution in [-0.2, 0) is 6.42 Å². The fourth-order valence-corrected chi connectivity index (χ4v) is 12.5. The van der Waals surface area contributed by atoms with Crippen molar-refractivity contribution < 1.29 is 5.11 Å². The molecule has 3 heterocycles. The lowest BCUT2D eigenvalue weighted by atomic mass is 9.49. The van der Waals surface area contributed by atoms with Gasteiger partial charge in [-0.2, -0.15) is 0 Å². The first kappa shape index (κ1) is 35.5. The summed E-state index contributed by atoms with van der Waals surface area (Å²) in [4.78, 5) is 11.3. The minimum absolute atomic E-state index is 0.228. The third-order valence-corrected chi connectivity index (χ3v) is 14.8. The molecule has 4 saturated carbocycles. The Hall–Kier alpha value is -1.54. The summed E-state index contributed by atoms with van der Waals surface area (Å²) in [5.74, 6) is 3.05. The number of rotatable bonds is 14. The second-order valence-electron chi connectivity index (χ2n) is 18.3. The van der Waals surface area contributed by atoms with Crippen LogP contribution in [0.3, 0.4) is 0 Å². The first-order chi connectivity index (χ1) is 24.4. The number of piperazine rings is 2. The molecule has 0 amide bonds. The largest absolute Gasteiger partial charge is 0.392 e. The van der Waals surface area contributed by atoms with Gasteiger partial charge in [-0.15, -0.1) is 0 Å². The van der Waals surface area contributed by atoms with E-state index < -0.39 is 0 Å². The van der Waals surface area contributed by atoms with Crippen molar-refractivity contribution in [3.05, 3.63) is 48.0 Å². The number of unbranched alkanes of at least 4 members (excludes halogenated alkanes) is 1. The van der Waals surface area contributed by atoms with E-state index in [1.54, 1.807) is 0 Å². The molecule has 2 aromatic rings. The zero-order chi connectivity index (χ0) is 34.1. The molecule has 6 heteroatoms. The molecule has 2 N–H and O–H groups in total. The molecule has 50 heavy (non-hydrogen) atoms. The predicted molar refractivity (Wildman–Crippen MR) is 208 cm³/mol. The average Bonchev–Trinajstić information content (AvgIpc) is 3.55. The van der Waals surface area contributed by atoms with Crippen LogP contribution in [0.5, 0.6) is 0 Å². The van der Waals surface area contributed by atoms with Gasteiger partial charge in [0.25, 0.3) is 0 Å². The SMILES string of the molecule is CCCC[C@H]1CNCCN1C[C@@H]1CCCN1C[C@@H](Cc1ccc2ccccc2c1)N1CCN(CCC23CC4CC(CC(C4)C2)C3)[C@H]([C@@H](C)O)C1. The minimum Gasteiger partial charge on any atom is -0.392 e. The molecule has 0 radical (unpaired) electrons. The second kappa shape index (κ2) is 15.8. The van der Waals surface area contributed by atoms with Crippen LogP contribution in [0.25, 0.3) is 10.8 Å². The maximum atomic E-state index is 11.3. The molecule has 3 aliphatic heterocycles. The summed E-state index contributed by atoms with van der Waals surface area (Å²) in [7, 11) is 0. The molecule has 2 aromatic carbocycles. The van der Waals surface area contributed by atoms with Gasteiger partial charge in [-0.05, 0) is 130 Å². The van der Waals surface area contributed by atoms with Gasteiger partial charge in [-0.1, -0.05) is 62.2 Å². The number of likely N-dealkylation sites (tertiary alicyclic amines) is 1. The summed E-state index contributed by atoms with van der Waals surface area (Å²) in [6, 6.07) is 18.1. The summed E-state index contributed by atoms with van der Waals surface area (Å²) in [6.45, 7) is 15.9. The molecule has 4 bridgehead atoms. The first-order valence-electron chi connectivity index (χ1n) is 21.3. The lowest BCUT2D eigenvalue weighted by Crippen LogP contribution is -2.62. The molecule has 9 rings (SSSR count). The van der Waals surface area contributed by atoms with Gasteiger partial charge in [0.15, 0.2) is 0 Å². The van der Waals surface area contributed by atoms with Gasteiger partial charge in [0.2, 0.25) is 0 Å². The number of fused-ring (bicyclic) bond motifs is 1. The highest BCUT2D eigenvalue weighted by Crippen LogP contribution is 2.61. The highest BCUT2D eigenvalue weighted by atomic mass is 16.3. The highest BCUT2D eigenvalue weighted by Gasteiger charge is 2.51. The van der Waals surface area contributed by atoms with E-state index in [9.17, 15) is 5.11 Å². The van der Waals surface area contributed by atoms with Gasteiger partial charge in [0.05, 0.1) is 6.10 Å². The monoisotopic (exact) mass is 684 g/mol. The summed E-state index contributed by atoms with van der Waals surface area (Å²) in [6.07, 6.45) is 17.8. The van der Waals surface area contributed by atoms with Crippen molar-refractivity contribution in [1.82, 2.24) is 24.9 Å². The Kier molecular flexibility index (Phi) is 11.2. The Balaban J connectivity index is 0.970. The van der Waals surface area contributed by atoms with Crippen molar-refractivity contribution >= 4 is 10.8 Å². The van der Waals surface area contributed by atoms with E-state index in [0.29, 0.717) is 23.5 Å². The molecule has 276 valence electrons. The first-order valence-corrected chi connectivity index (χ1v) is 21.3. The van der Waals surface area contributed by atoms with Gasteiger partial charge in [-0.25, -0.2) is 0 Å². The zero-order valence-electron chi connectivity index (χ0n) is 31.7. The molecule has 4 aliphatic carbocycles. The van der Waals surface area contributed by atoms with Crippen LogP contribution in [0.4, 0.5) is 0 Å². The second-order valence-corrected chi connectivity index (χ2v) is 18.3. The number of nitrogens with zero attached hydrogens (tertiary/aromatic N) is 4. The molecule has 0 aromatic heterocycles. The van der Waals surface area contributed by atoms with Crippen LogP contribution in [0.1, 0.15) is 96.5 Å². The number of benzene rings is 2. The fraction of sp³-hybridized carbons (Fsp3) is 0.773. The summed E-state index contributed by atoms with van der Waals surface area (Å²) in [5, 5.41) is 17.7. The molecule has 0 unspecified atom stereocenters. The number of hydrogen-bond acceptors (Lipinski definition) is 6.